The van der Waals surface area contributed by atoms with Gasteiger partial charge in [0.25, 0.3) is 5.69 Å². The van der Waals surface area contributed by atoms with Gasteiger partial charge in [0.05, 0.1) is 10.5 Å². The lowest BCUT2D eigenvalue weighted by molar-refractivity contribution is -0.385. The minimum Gasteiger partial charge on any atom is -0.314 e. The Morgan fingerprint density at radius 2 is 2.04 bits per heavy atom. The van der Waals surface area contributed by atoms with Gasteiger partial charge in [-0.2, -0.15) is 0 Å². The molecule has 0 saturated carbocycles. The van der Waals surface area contributed by atoms with Gasteiger partial charge in [0.15, 0.2) is 0 Å². The van der Waals surface area contributed by atoms with Crippen molar-refractivity contribution in [1.29, 1.82) is 0 Å². The molecule has 1 atom stereocenters. The topological polar surface area (TPSA) is 71.3 Å². The Balaban J connectivity index is 0.00000225. The molecule has 132 valence electrons. The molecule has 1 N–H and O–H groups in total. The fourth-order valence-corrected chi connectivity index (χ4v) is 2.99. The van der Waals surface area contributed by atoms with Gasteiger partial charge in [0.2, 0.25) is 0 Å². The molecular formula is C18H21ClN4O2. The summed E-state index contributed by atoms with van der Waals surface area (Å²) in [6.45, 7) is 3.53. The quantitative estimate of drug-likeness (QED) is 0.655. The van der Waals surface area contributed by atoms with E-state index in [0.717, 1.165) is 26.2 Å². The summed E-state index contributed by atoms with van der Waals surface area (Å²) < 4.78 is 0. The monoisotopic (exact) mass is 360 g/mol. The van der Waals surface area contributed by atoms with Gasteiger partial charge in [-0.1, -0.05) is 24.3 Å². The molecule has 0 radical (unpaired) electrons. The van der Waals surface area contributed by atoms with E-state index in [1.54, 1.807) is 12.1 Å². The molecule has 1 unspecified atom stereocenters. The van der Waals surface area contributed by atoms with Gasteiger partial charge in [-0.15, -0.1) is 12.4 Å². The zero-order valence-corrected chi connectivity index (χ0v) is 14.6. The Hall–Kier alpha value is -2.28. The zero-order chi connectivity index (χ0) is 16.8. The second-order valence-electron chi connectivity index (χ2n) is 5.71. The van der Waals surface area contributed by atoms with Crippen LogP contribution in [0.4, 0.5) is 5.69 Å². The lowest BCUT2D eigenvalue weighted by Gasteiger charge is -2.35. The first-order valence-corrected chi connectivity index (χ1v) is 8.00. The molecule has 3 rings (SSSR count). The number of piperazine rings is 1. The number of hydrogen-bond acceptors (Lipinski definition) is 5. The molecule has 1 fully saturated rings. The standard InChI is InChI=1S/C18H20N4O2.ClH/c23-22(24)17-6-2-1-4-15(17)5-3-12-21-13-11-20-14-18(21)16-7-9-19-10-8-16;/h1-10,18,20H,11-14H2;1H/b5-3+;. The van der Waals surface area contributed by atoms with Crippen molar-refractivity contribution in [3.05, 3.63) is 76.1 Å². The highest BCUT2D eigenvalue weighted by Crippen LogP contribution is 2.22. The fraction of sp³-hybridized carbons (Fsp3) is 0.278. The number of benzene rings is 1. The molecule has 0 aliphatic carbocycles. The van der Waals surface area contributed by atoms with Gasteiger partial charge in [-0.25, -0.2) is 0 Å². The van der Waals surface area contributed by atoms with E-state index in [1.165, 1.54) is 11.6 Å². The van der Waals surface area contributed by atoms with Crippen LogP contribution in [0.2, 0.25) is 0 Å². The number of halogens is 1. The molecule has 0 amide bonds. The smallest absolute Gasteiger partial charge is 0.276 e. The number of nitrogens with zero attached hydrogens (tertiary/aromatic N) is 3. The SMILES string of the molecule is Cl.O=[N+]([O-])c1ccccc1/C=C/CN1CCNCC1c1ccncc1. The molecule has 0 spiro atoms. The highest BCUT2D eigenvalue weighted by molar-refractivity contribution is 5.85. The van der Waals surface area contributed by atoms with E-state index < -0.39 is 0 Å². The Kier molecular flexibility index (Phi) is 7.06. The molecule has 1 aliphatic rings. The average molecular weight is 361 g/mol. The first-order chi connectivity index (χ1) is 11.8. The van der Waals surface area contributed by atoms with E-state index in [1.807, 2.05) is 42.7 Å². The summed E-state index contributed by atoms with van der Waals surface area (Å²) >= 11 is 0. The molecule has 1 aromatic heterocycles. The first-order valence-electron chi connectivity index (χ1n) is 8.00. The maximum atomic E-state index is 11.1. The number of hydrogen-bond donors (Lipinski definition) is 1. The van der Waals surface area contributed by atoms with E-state index in [0.29, 0.717) is 5.56 Å². The predicted molar refractivity (Wildman–Crippen MR) is 101 cm³/mol. The third-order valence-corrected chi connectivity index (χ3v) is 4.22. The molecule has 6 nitrogen and oxygen atoms in total. The van der Waals surface area contributed by atoms with Gasteiger partial charge in [0.1, 0.15) is 0 Å². The van der Waals surface area contributed by atoms with Crippen LogP contribution < -0.4 is 5.32 Å². The van der Waals surface area contributed by atoms with Crippen LogP contribution in [0.1, 0.15) is 17.2 Å². The van der Waals surface area contributed by atoms with E-state index in [-0.39, 0.29) is 29.1 Å². The van der Waals surface area contributed by atoms with Crippen LogP contribution >= 0.6 is 12.4 Å². The van der Waals surface area contributed by atoms with Crippen LogP contribution in [0, 0.1) is 10.1 Å². The van der Waals surface area contributed by atoms with Gasteiger partial charge in [0, 0.05) is 50.7 Å². The lowest BCUT2D eigenvalue weighted by Crippen LogP contribution is -2.45. The number of rotatable bonds is 5. The molecule has 2 heterocycles. The molecule has 1 aliphatic heterocycles. The van der Waals surface area contributed by atoms with Crippen LogP contribution in [-0.2, 0) is 0 Å². The summed E-state index contributed by atoms with van der Waals surface area (Å²) in [5.74, 6) is 0. The van der Waals surface area contributed by atoms with Crippen molar-refractivity contribution in [2.45, 2.75) is 6.04 Å². The van der Waals surface area contributed by atoms with E-state index >= 15 is 0 Å². The minimum absolute atomic E-state index is 0. The Morgan fingerprint density at radius 3 is 2.80 bits per heavy atom. The Bertz CT molecular complexity index is 724. The summed E-state index contributed by atoms with van der Waals surface area (Å²) in [7, 11) is 0. The van der Waals surface area contributed by atoms with E-state index in [9.17, 15) is 10.1 Å². The highest BCUT2D eigenvalue weighted by atomic mass is 35.5. The van der Waals surface area contributed by atoms with Crippen molar-refractivity contribution in [2.75, 3.05) is 26.2 Å². The maximum absolute atomic E-state index is 11.1. The van der Waals surface area contributed by atoms with E-state index in [2.05, 4.69) is 15.2 Å². The van der Waals surface area contributed by atoms with E-state index in [4.69, 9.17) is 0 Å². The predicted octanol–water partition coefficient (Wildman–Crippen LogP) is 3.07. The molecule has 7 heteroatoms. The molecule has 0 bridgehead atoms. The summed E-state index contributed by atoms with van der Waals surface area (Å²) in [4.78, 5) is 17.2. The lowest BCUT2D eigenvalue weighted by atomic mass is 10.0. The summed E-state index contributed by atoms with van der Waals surface area (Å²) in [5, 5.41) is 14.5. The Labute approximate surface area is 153 Å². The van der Waals surface area contributed by atoms with Crippen molar-refractivity contribution in [3.8, 4) is 0 Å². The molecule has 1 saturated heterocycles. The van der Waals surface area contributed by atoms with Crippen molar-refractivity contribution in [3.63, 3.8) is 0 Å². The van der Waals surface area contributed by atoms with Gasteiger partial charge < -0.3 is 5.32 Å². The van der Waals surface area contributed by atoms with Gasteiger partial charge >= 0.3 is 0 Å². The van der Waals surface area contributed by atoms with Crippen LogP contribution in [0.25, 0.3) is 6.08 Å². The third-order valence-electron chi connectivity index (χ3n) is 4.22. The number of nitro benzene ring substituents is 1. The normalized spacial score (nSPS) is 18.0. The van der Waals surface area contributed by atoms with Crippen molar-refractivity contribution < 1.29 is 4.92 Å². The Morgan fingerprint density at radius 1 is 1.28 bits per heavy atom. The van der Waals surface area contributed by atoms with Crippen LogP contribution in [0.15, 0.2) is 54.9 Å². The average Bonchev–Trinajstić information content (AvgIpc) is 2.63. The highest BCUT2D eigenvalue weighted by Gasteiger charge is 2.22. The third kappa shape index (κ3) is 4.85. The molecular weight excluding hydrogens is 340 g/mol. The summed E-state index contributed by atoms with van der Waals surface area (Å²) in [6, 6.07) is 11.2. The van der Waals surface area contributed by atoms with Gasteiger partial charge in [-0.05, 0) is 23.8 Å². The fourth-order valence-electron chi connectivity index (χ4n) is 2.99. The zero-order valence-electron chi connectivity index (χ0n) is 13.7. The second-order valence-corrected chi connectivity index (χ2v) is 5.71. The molecule has 25 heavy (non-hydrogen) atoms. The molecule has 1 aromatic carbocycles. The van der Waals surface area contributed by atoms with Crippen molar-refractivity contribution in [1.82, 2.24) is 15.2 Å². The van der Waals surface area contributed by atoms with Gasteiger partial charge in [-0.3, -0.25) is 20.0 Å². The number of nitro groups is 1. The molecule has 2 aromatic rings. The largest absolute Gasteiger partial charge is 0.314 e. The summed E-state index contributed by atoms with van der Waals surface area (Å²) in [5.41, 5.74) is 2.01. The van der Waals surface area contributed by atoms with Crippen LogP contribution in [0.5, 0.6) is 0 Å². The van der Waals surface area contributed by atoms with Crippen molar-refractivity contribution in [2.24, 2.45) is 0 Å². The summed E-state index contributed by atoms with van der Waals surface area (Å²) in [6.07, 6.45) is 7.46. The number of aromatic nitrogens is 1. The van der Waals surface area contributed by atoms with Crippen LogP contribution in [0.3, 0.4) is 0 Å². The maximum Gasteiger partial charge on any atom is 0.276 e. The number of para-hydroxylation sites is 1. The number of pyridine rings is 1. The first kappa shape index (κ1) is 19.1. The van der Waals surface area contributed by atoms with Crippen molar-refractivity contribution >= 4 is 24.2 Å². The van der Waals surface area contributed by atoms with Crippen LogP contribution in [-0.4, -0.2) is 41.0 Å². The minimum atomic E-state index is -0.343. The second kappa shape index (κ2) is 9.27. The number of nitrogens with one attached hydrogen (secondary N) is 1.